The monoisotopic (exact) mass is 309 g/mol. The first-order valence-corrected chi connectivity index (χ1v) is 7.44. The van der Waals surface area contributed by atoms with Crippen molar-refractivity contribution >= 4 is 23.4 Å². The fraction of sp³-hybridized carbons (Fsp3) is 0.467. The lowest BCUT2D eigenvalue weighted by atomic mass is 10.1. The van der Waals surface area contributed by atoms with Crippen molar-refractivity contribution in [3.8, 4) is 0 Å². The Morgan fingerprint density at radius 2 is 1.95 bits per heavy atom. The van der Waals surface area contributed by atoms with Gasteiger partial charge < -0.3 is 15.5 Å². The Balaban J connectivity index is 1.76. The van der Waals surface area contributed by atoms with Gasteiger partial charge >= 0.3 is 0 Å². The Hall–Kier alpha value is -1.59. The molecule has 0 spiro atoms. The highest BCUT2D eigenvalue weighted by Gasteiger charge is 2.18. The van der Waals surface area contributed by atoms with Gasteiger partial charge in [0.25, 0.3) is 5.91 Å². The van der Waals surface area contributed by atoms with Crippen molar-refractivity contribution in [3.63, 3.8) is 0 Å². The molecule has 21 heavy (non-hydrogen) atoms. The van der Waals surface area contributed by atoms with Gasteiger partial charge in [0, 0.05) is 6.04 Å². The lowest BCUT2D eigenvalue weighted by Crippen LogP contribution is -2.46. The summed E-state index contributed by atoms with van der Waals surface area (Å²) in [4.78, 5) is 26.0. The zero-order chi connectivity index (χ0) is 15.2. The molecule has 0 aliphatic carbocycles. The molecule has 1 aromatic carbocycles. The maximum atomic E-state index is 11.9. The third-order valence-electron chi connectivity index (χ3n) is 3.61. The summed E-state index contributed by atoms with van der Waals surface area (Å²) in [7, 11) is 2.07. The first-order chi connectivity index (χ1) is 10.1. The second-order valence-corrected chi connectivity index (χ2v) is 5.71. The molecule has 5 nitrogen and oxygen atoms in total. The van der Waals surface area contributed by atoms with Crippen LogP contribution < -0.4 is 10.6 Å². The Bertz CT molecular complexity index is 513. The smallest absolute Gasteiger partial charge is 0.253 e. The molecule has 0 unspecified atom stereocenters. The highest BCUT2D eigenvalue weighted by Crippen LogP contribution is 2.14. The number of amides is 2. The average Bonchev–Trinajstić information content (AvgIpc) is 2.48. The molecule has 114 valence electrons. The number of carbonyl (C=O) groups excluding carboxylic acids is 2. The maximum Gasteiger partial charge on any atom is 0.253 e. The first-order valence-electron chi connectivity index (χ1n) is 7.07. The SMILES string of the molecule is CN1CCC(NC(=O)CNC(=O)c2ccccc2Cl)CC1. The number of benzene rings is 1. The highest BCUT2D eigenvalue weighted by atomic mass is 35.5. The summed E-state index contributed by atoms with van der Waals surface area (Å²) >= 11 is 5.94. The van der Waals surface area contributed by atoms with Crippen LogP contribution in [0.3, 0.4) is 0 Å². The fourth-order valence-electron chi connectivity index (χ4n) is 2.33. The van der Waals surface area contributed by atoms with Crippen LogP contribution in [0.5, 0.6) is 0 Å². The summed E-state index contributed by atoms with van der Waals surface area (Å²) in [6.07, 6.45) is 1.89. The predicted octanol–water partition coefficient (Wildman–Crippen LogP) is 1.28. The lowest BCUT2D eigenvalue weighted by molar-refractivity contribution is -0.121. The third kappa shape index (κ3) is 4.72. The molecule has 0 radical (unpaired) electrons. The summed E-state index contributed by atoms with van der Waals surface area (Å²) in [6, 6.07) is 6.97. The Morgan fingerprint density at radius 1 is 1.29 bits per heavy atom. The van der Waals surface area contributed by atoms with Crippen LogP contribution in [-0.4, -0.2) is 49.4 Å². The van der Waals surface area contributed by atoms with E-state index in [1.807, 2.05) is 0 Å². The number of halogens is 1. The summed E-state index contributed by atoms with van der Waals surface area (Å²) in [5.74, 6) is -0.496. The van der Waals surface area contributed by atoms with Gasteiger partial charge in [-0.05, 0) is 45.1 Å². The van der Waals surface area contributed by atoms with Crippen LogP contribution in [0.1, 0.15) is 23.2 Å². The van der Waals surface area contributed by atoms with E-state index in [1.165, 1.54) is 0 Å². The predicted molar refractivity (Wildman–Crippen MR) is 82.4 cm³/mol. The van der Waals surface area contributed by atoms with Crippen molar-refractivity contribution in [2.75, 3.05) is 26.7 Å². The van der Waals surface area contributed by atoms with E-state index in [0.717, 1.165) is 25.9 Å². The number of carbonyl (C=O) groups is 2. The quantitative estimate of drug-likeness (QED) is 0.881. The molecule has 2 N–H and O–H groups in total. The van der Waals surface area contributed by atoms with Crippen LogP contribution in [0.2, 0.25) is 5.02 Å². The molecule has 0 saturated carbocycles. The summed E-state index contributed by atoms with van der Waals surface area (Å²) in [6.45, 7) is 1.93. The van der Waals surface area contributed by atoms with Crippen molar-refractivity contribution in [1.29, 1.82) is 0 Å². The molecule has 1 saturated heterocycles. The molecule has 6 heteroatoms. The summed E-state index contributed by atoms with van der Waals surface area (Å²) < 4.78 is 0. The van der Waals surface area contributed by atoms with Crippen molar-refractivity contribution in [1.82, 2.24) is 15.5 Å². The number of likely N-dealkylation sites (tertiary alicyclic amines) is 1. The van der Waals surface area contributed by atoms with Crippen molar-refractivity contribution in [3.05, 3.63) is 34.9 Å². The van der Waals surface area contributed by atoms with E-state index < -0.39 is 0 Å². The molecule has 0 aromatic heterocycles. The van der Waals surface area contributed by atoms with Gasteiger partial charge in [0.05, 0.1) is 17.1 Å². The molecular formula is C15H20ClN3O2. The molecule has 2 amide bonds. The number of nitrogens with one attached hydrogen (secondary N) is 2. The Kier molecular flexibility index (Phi) is 5.59. The van der Waals surface area contributed by atoms with Gasteiger partial charge in [-0.3, -0.25) is 9.59 Å². The number of hydrogen-bond acceptors (Lipinski definition) is 3. The van der Waals surface area contributed by atoms with E-state index in [1.54, 1.807) is 24.3 Å². The minimum atomic E-state index is -0.334. The molecule has 2 rings (SSSR count). The second kappa shape index (κ2) is 7.43. The van der Waals surface area contributed by atoms with Crippen LogP contribution in [0, 0.1) is 0 Å². The van der Waals surface area contributed by atoms with Crippen LogP contribution in [-0.2, 0) is 4.79 Å². The second-order valence-electron chi connectivity index (χ2n) is 5.31. The maximum absolute atomic E-state index is 11.9. The number of hydrogen-bond donors (Lipinski definition) is 2. The molecule has 1 heterocycles. The van der Waals surface area contributed by atoms with Crippen LogP contribution in [0.25, 0.3) is 0 Å². The molecule has 0 atom stereocenters. The molecule has 1 aromatic rings. The summed E-state index contributed by atoms with van der Waals surface area (Å²) in [5.41, 5.74) is 0.381. The fourth-order valence-corrected chi connectivity index (χ4v) is 2.55. The molecule has 1 aliphatic heterocycles. The van der Waals surface area contributed by atoms with E-state index in [0.29, 0.717) is 10.6 Å². The number of rotatable bonds is 4. The summed E-state index contributed by atoms with van der Waals surface area (Å²) in [5, 5.41) is 5.92. The highest BCUT2D eigenvalue weighted by molar-refractivity contribution is 6.33. The normalized spacial score (nSPS) is 16.5. The van der Waals surface area contributed by atoms with E-state index in [-0.39, 0.29) is 24.4 Å². The first kappa shape index (κ1) is 15.8. The van der Waals surface area contributed by atoms with Crippen LogP contribution in [0.4, 0.5) is 0 Å². The molecule has 1 aliphatic rings. The van der Waals surface area contributed by atoms with Crippen molar-refractivity contribution < 1.29 is 9.59 Å². The zero-order valence-corrected chi connectivity index (χ0v) is 12.8. The van der Waals surface area contributed by atoms with Crippen molar-refractivity contribution in [2.24, 2.45) is 0 Å². The van der Waals surface area contributed by atoms with Crippen LogP contribution >= 0.6 is 11.6 Å². The third-order valence-corrected chi connectivity index (χ3v) is 3.94. The van der Waals surface area contributed by atoms with Gasteiger partial charge in [0.2, 0.25) is 5.91 Å². The number of nitrogens with zero attached hydrogens (tertiary/aromatic N) is 1. The van der Waals surface area contributed by atoms with Gasteiger partial charge in [-0.1, -0.05) is 23.7 Å². The minimum absolute atomic E-state index is 0.0314. The van der Waals surface area contributed by atoms with E-state index >= 15 is 0 Å². The van der Waals surface area contributed by atoms with Gasteiger partial charge in [0.15, 0.2) is 0 Å². The van der Waals surface area contributed by atoms with Crippen LogP contribution in [0.15, 0.2) is 24.3 Å². The largest absolute Gasteiger partial charge is 0.352 e. The van der Waals surface area contributed by atoms with E-state index in [4.69, 9.17) is 11.6 Å². The minimum Gasteiger partial charge on any atom is -0.352 e. The Labute approximate surface area is 129 Å². The van der Waals surface area contributed by atoms with E-state index in [2.05, 4.69) is 22.6 Å². The zero-order valence-electron chi connectivity index (χ0n) is 12.1. The molecular weight excluding hydrogens is 290 g/mol. The van der Waals surface area contributed by atoms with Gasteiger partial charge in [-0.2, -0.15) is 0 Å². The van der Waals surface area contributed by atoms with Gasteiger partial charge in [0.1, 0.15) is 0 Å². The van der Waals surface area contributed by atoms with Gasteiger partial charge in [-0.25, -0.2) is 0 Å². The average molecular weight is 310 g/mol. The molecule has 1 fully saturated rings. The van der Waals surface area contributed by atoms with Gasteiger partial charge in [-0.15, -0.1) is 0 Å². The lowest BCUT2D eigenvalue weighted by Gasteiger charge is -2.29. The topological polar surface area (TPSA) is 61.4 Å². The van der Waals surface area contributed by atoms with E-state index in [9.17, 15) is 9.59 Å². The van der Waals surface area contributed by atoms with Crippen molar-refractivity contribution in [2.45, 2.75) is 18.9 Å². The Morgan fingerprint density at radius 3 is 2.62 bits per heavy atom. The standard InChI is InChI=1S/C15H20ClN3O2/c1-19-8-6-11(7-9-19)18-14(20)10-17-15(21)12-4-2-3-5-13(12)16/h2-5,11H,6-10H2,1H3,(H,17,21)(H,18,20). The number of piperidine rings is 1. The molecule has 0 bridgehead atoms.